The molecular formula is C20H44O8P2. The van der Waals surface area contributed by atoms with Crippen LogP contribution in [0.15, 0.2) is 0 Å². The molecule has 1 atom stereocenters. The second-order valence-electron chi connectivity index (χ2n) is 7.03. The number of rotatable bonds is 23. The second kappa shape index (κ2) is 19.9. The molecule has 0 spiro atoms. The van der Waals surface area contributed by atoms with Gasteiger partial charge in [0.25, 0.3) is 0 Å². The number of hydrogen-bond acceptors (Lipinski definition) is 8. The van der Waals surface area contributed by atoms with E-state index in [-0.39, 0.29) is 19.6 Å². The lowest BCUT2D eigenvalue weighted by atomic mass is 10.3. The molecule has 0 aromatic carbocycles. The van der Waals surface area contributed by atoms with Crippen molar-refractivity contribution in [2.45, 2.75) is 85.5 Å². The molecule has 0 aliphatic carbocycles. The summed E-state index contributed by atoms with van der Waals surface area (Å²) in [6, 6.07) is 0. The van der Waals surface area contributed by atoms with E-state index < -0.39 is 15.4 Å². The number of phosphoric ester groups is 1. The van der Waals surface area contributed by atoms with E-state index in [1.165, 1.54) is 0 Å². The molecule has 30 heavy (non-hydrogen) atoms. The Bertz CT molecular complexity index is 462. The predicted octanol–water partition coefficient (Wildman–Crippen LogP) is 6.94. The van der Waals surface area contributed by atoms with Gasteiger partial charge in [-0.3, -0.25) is 18.1 Å². The molecule has 0 fully saturated rings. The Morgan fingerprint density at radius 3 is 1.43 bits per heavy atom. The first kappa shape index (κ1) is 30.2. The quantitative estimate of drug-likeness (QED) is 0.116. The molecular weight excluding hydrogens is 430 g/mol. The van der Waals surface area contributed by atoms with Gasteiger partial charge in [0.15, 0.2) is 0 Å². The highest BCUT2D eigenvalue weighted by Gasteiger charge is 2.27. The number of ether oxygens (including phenoxy) is 1. The maximum atomic E-state index is 12.7. The highest BCUT2D eigenvalue weighted by Crippen LogP contribution is 2.50. The van der Waals surface area contributed by atoms with Gasteiger partial charge in [-0.05, 0) is 38.5 Å². The van der Waals surface area contributed by atoms with Crippen LogP contribution < -0.4 is 0 Å². The Morgan fingerprint density at radius 2 is 0.933 bits per heavy atom. The fraction of sp³-hybridized carbons (Fsp3) is 1.00. The molecule has 0 saturated carbocycles. The van der Waals surface area contributed by atoms with Crippen LogP contribution in [-0.4, -0.2) is 46.0 Å². The van der Waals surface area contributed by atoms with Crippen LogP contribution in [-0.2, 0) is 36.5 Å². The van der Waals surface area contributed by atoms with Gasteiger partial charge >= 0.3 is 15.4 Å². The molecule has 8 nitrogen and oxygen atoms in total. The molecule has 0 aliphatic heterocycles. The Labute approximate surface area is 183 Å². The van der Waals surface area contributed by atoms with Gasteiger partial charge in [0.1, 0.15) is 6.35 Å². The van der Waals surface area contributed by atoms with Crippen molar-refractivity contribution in [1.82, 2.24) is 0 Å². The minimum Gasteiger partial charge on any atom is -0.369 e. The van der Waals surface area contributed by atoms with Crippen molar-refractivity contribution in [2.24, 2.45) is 0 Å². The fourth-order valence-corrected chi connectivity index (χ4v) is 4.83. The van der Waals surface area contributed by atoms with Crippen LogP contribution in [0, 0.1) is 0 Å². The SMILES string of the molecule is CCCCOCP(=O)(OCCC)OCCCCOP(=O)(OCCCC)OCCCC. The predicted molar refractivity (Wildman–Crippen MR) is 120 cm³/mol. The van der Waals surface area contributed by atoms with Crippen LogP contribution in [0.2, 0.25) is 0 Å². The second-order valence-corrected chi connectivity index (χ2v) is 10.7. The summed E-state index contributed by atoms with van der Waals surface area (Å²) >= 11 is 0. The lowest BCUT2D eigenvalue weighted by molar-refractivity contribution is 0.105. The van der Waals surface area contributed by atoms with Crippen molar-refractivity contribution in [3.63, 3.8) is 0 Å². The van der Waals surface area contributed by atoms with Crippen LogP contribution >= 0.6 is 15.4 Å². The zero-order chi connectivity index (χ0) is 22.6. The van der Waals surface area contributed by atoms with Crippen LogP contribution in [0.5, 0.6) is 0 Å². The molecule has 0 aromatic rings. The first-order valence-electron chi connectivity index (χ1n) is 11.4. The Balaban J connectivity index is 4.27. The van der Waals surface area contributed by atoms with Gasteiger partial charge in [0.05, 0.1) is 33.0 Å². The average molecular weight is 475 g/mol. The first-order chi connectivity index (χ1) is 14.4. The summed E-state index contributed by atoms with van der Waals surface area (Å²) in [6.45, 7) is 10.1. The van der Waals surface area contributed by atoms with Crippen molar-refractivity contribution in [1.29, 1.82) is 0 Å². The molecule has 0 radical (unpaired) electrons. The van der Waals surface area contributed by atoms with Crippen LogP contribution in [0.4, 0.5) is 0 Å². The highest BCUT2D eigenvalue weighted by atomic mass is 31.2. The Kier molecular flexibility index (Phi) is 20.0. The van der Waals surface area contributed by atoms with E-state index >= 15 is 0 Å². The zero-order valence-electron chi connectivity index (χ0n) is 19.5. The Morgan fingerprint density at radius 1 is 0.500 bits per heavy atom. The molecule has 0 aromatic heterocycles. The molecule has 0 saturated heterocycles. The van der Waals surface area contributed by atoms with Crippen LogP contribution in [0.3, 0.4) is 0 Å². The first-order valence-corrected chi connectivity index (χ1v) is 14.6. The molecule has 1 unspecified atom stereocenters. The molecule has 182 valence electrons. The van der Waals surface area contributed by atoms with E-state index in [9.17, 15) is 9.13 Å². The lowest BCUT2D eigenvalue weighted by Gasteiger charge is -2.19. The Hall–Kier alpha value is 0.220. The summed E-state index contributed by atoms with van der Waals surface area (Å²) in [5.74, 6) is 0. The summed E-state index contributed by atoms with van der Waals surface area (Å²) in [6.07, 6.45) is 7.26. The third-order valence-corrected chi connectivity index (χ3v) is 7.10. The fourth-order valence-electron chi connectivity index (χ4n) is 2.10. The largest absolute Gasteiger partial charge is 0.474 e. The minimum atomic E-state index is -3.54. The van der Waals surface area contributed by atoms with Crippen molar-refractivity contribution in [3.05, 3.63) is 0 Å². The van der Waals surface area contributed by atoms with Crippen LogP contribution in [0.25, 0.3) is 0 Å². The molecule has 10 heteroatoms. The van der Waals surface area contributed by atoms with E-state index in [0.29, 0.717) is 39.3 Å². The van der Waals surface area contributed by atoms with Gasteiger partial charge in [0.2, 0.25) is 0 Å². The summed E-state index contributed by atoms with van der Waals surface area (Å²) in [4.78, 5) is 0. The molecule has 0 heterocycles. The maximum absolute atomic E-state index is 12.7. The molecule has 0 amide bonds. The van der Waals surface area contributed by atoms with Gasteiger partial charge < -0.3 is 13.8 Å². The van der Waals surface area contributed by atoms with E-state index in [1.807, 2.05) is 20.8 Å². The third kappa shape index (κ3) is 16.9. The average Bonchev–Trinajstić information content (AvgIpc) is 2.73. The normalized spacial score (nSPS) is 14.1. The van der Waals surface area contributed by atoms with E-state index in [0.717, 1.165) is 44.9 Å². The summed E-state index contributed by atoms with van der Waals surface area (Å²) in [5, 5.41) is 0. The number of phosphoric acid groups is 1. The third-order valence-electron chi connectivity index (χ3n) is 3.95. The summed E-state index contributed by atoms with van der Waals surface area (Å²) in [7, 11) is -6.80. The molecule has 0 N–H and O–H groups in total. The van der Waals surface area contributed by atoms with Crippen molar-refractivity contribution in [2.75, 3.05) is 46.0 Å². The monoisotopic (exact) mass is 474 g/mol. The van der Waals surface area contributed by atoms with Gasteiger partial charge in [0, 0.05) is 6.61 Å². The lowest BCUT2D eigenvalue weighted by Crippen LogP contribution is -2.07. The van der Waals surface area contributed by atoms with Crippen molar-refractivity contribution >= 4 is 15.4 Å². The van der Waals surface area contributed by atoms with Gasteiger partial charge in [-0.1, -0.05) is 47.0 Å². The molecule has 0 bridgehead atoms. The van der Waals surface area contributed by atoms with Gasteiger partial charge in [-0.15, -0.1) is 0 Å². The molecule has 0 aliphatic rings. The smallest absolute Gasteiger partial charge is 0.369 e. The van der Waals surface area contributed by atoms with Crippen molar-refractivity contribution < 1.29 is 36.5 Å². The highest BCUT2D eigenvalue weighted by molar-refractivity contribution is 7.53. The van der Waals surface area contributed by atoms with Crippen molar-refractivity contribution in [3.8, 4) is 0 Å². The van der Waals surface area contributed by atoms with E-state index in [1.54, 1.807) is 0 Å². The van der Waals surface area contributed by atoms with E-state index in [2.05, 4.69) is 6.92 Å². The number of unbranched alkanes of at least 4 members (excludes halogenated alkanes) is 4. The topological polar surface area (TPSA) is 89.5 Å². The standard InChI is InChI=1S/C20H44O8P2/c1-5-9-15-23-20-29(21,24-14-8-4)25-18-12-13-19-28-30(22,26-16-10-6-2)27-17-11-7-3/h5-20H2,1-4H3. The minimum absolute atomic E-state index is 0.0325. The molecule has 0 rings (SSSR count). The summed E-state index contributed by atoms with van der Waals surface area (Å²) in [5.41, 5.74) is 0. The zero-order valence-corrected chi connectivity index (χ0v) is 21.3. The maximum Gasteiger partial charge on any atom is 0.474 e. The van der Waals surface area contributed by atoms with Crippen LogP contribution in [0.1, 0.15) is 85.5 Å². The summed E-state index contributed by atoms with van der Waals surface area (Å²) < 4.78 is 58.0. The number of hydrogen-bond donors (Lipinski definition) is 0. The van der Waals surface area contributed by atoms with E-state index in [4.69, 9.17) is 27.4 Å². The van der Waals surface area contributed by atoms with Gasteiger partial charge in [-0.2, -0.15) is 0 Å². The van der Waals surface area contributed by atoms with Gasteiger partial charge in [-0.25, -0.2) is 4.57 Å².